The van der Waals surface area contributed by atoms with E-state index in [1.807, 2.05) is 25.1 Å². The molecule has 4 heteroatoms. The van der Waals surface area contributed by atoms with Crippen LogP contribution in [0.25, 0.3) is 0 Å². The summed E-state index contributed by atoms with van der Waals surface area (Å²) in [5.41, 5.74) is 7.44. The fourth-order valence-corrected chi connectivity index (χ4v) is 1.73. The number of hydrogen-bond acceptors (Lipinski definition) is 3. The van der Waals surface area contributed by atoms with Crippen molar-refractivity contribution in [2.24, 2.45) is 5.73 Å². The lowest BCUT2D eigenvalue weighted by atomic mass is 10.1. The Morgan fingerprint density at radius 1 is 1.30 bits per heavy atom. The highest BCUT2D eigenvalue weighted by atomic mass is 16.1. The Morgan fingerprint density at radius 3 is 2.85 bits per heavy atom. The maximum absolute atomic E-state index is 12.3. The zero-order chi connectivity index (χ0) is 14.4. The molecule has 1 aromatic heterocycles. The monoisotopic (exact) mass is 265 g/mol. The van der Waals surface area contributed by atoms with Crippen molar-refractivity contribution >= 4 is 11.7 Å². The van der Waals surface area contributed by atoms with Crippen LogP contribution in [0.3, 0.4) is 0 Å². The van der Waals surface area contributed by atoms with Crippen LogP contribution in [0.15, 0.2) is 42.6 Å². The quantitative estimate of drug-likeness (QED) is 0.815. The summed E-state index contributed by atoms with van der Waals surface area (Å²) in [7, 11) is 0. The summed E-state index contributed by atoms with van der Waals surface area (Å²) >= 11 is 0. The minimum absolute atomic E-state index is 0.228. The summed E-state index contributed by atoms with van der Waals surface area (Å²) in [6.45, 7) is 2.15. The molecular weight excluding hydrogens is 250 g/mol. The maximum atomic E-state index is 12.3. The van der Waals surface area contributed by atoms with Crippen molar-refractivity contribution in [3.05, 3.63) is 59.3 Å². The molecule has 0 atom stereocenters. The number of anilines is 1. The van der Waals surface area contributed by atoms with E-state index in [1.54, 1.807) is 24.4 Å². The van der Waals surface area contributed by atoms with Gasteiger partial charge in [0.2, 0.25) is 0 Å². The highest BCUT2D eigenvalue weighted by Gasteiger charge is 2.11. The molecule has 1 aromatic carbocycles. The zero-order valence-corrected chi connectivity index (χ0v) is 11.2. The molecule has 4 nitrogen and oxygen atoms in total. The number of pyridine rings is 1. The Bertz CT molecular complexity index is 683. The Kier molecular flexibility index (Phi) is 4.48. The number of nitrogens with zero attached hydrogens (tertiary/aromatic N) is 1. The zero-order valence-electron chi connectivity index (χ0n) is 11.2. The minimum Gasteiger partial charge on any atom is -0.320 e. The van der Waals surface area contributed by atoms with Crippen molar-refractivity contribution in [2.45, 2.75) is 6.92 Å². The Morgan fingerprint density at radius 2 is 2.10 bits per heavy atom. The molecule has 3 N–H and O–H groups in total. The number of nitrogens with two attached hydrogens (primary N) is 1. The molecule has 1 amide bonds. The van der Waals surface area contributed by atoms with Gasteiger partial charge in [-0.25, -0.2) is 4.98 Å². The van der Waals surface area contributed by atoms with Gasteiger partial charge in [0.15, 0.2) is 0 Å². The molecule has 0 aliphatic rings. The van der Waals surface area contributed by atoms with Crippen LogP contribution in [0.1, 0.15) is 21.5 Å². The van der Waals surface area contributed by atoms with Crippen molar-refractivity contribution in [2.75, 3.05) is 11.9 Å². The van der Waals surface area contributed by atoms with Crippen LogP contribution in [0.5, 0.6) is 0 Å². The lowest BCUT2D eigenvalue weighted by Gasteiger charge is -2.08. The SMILES string of the molecule is Cc1cccnc1NC(=O)c1ccccc1C#CCN. The molecule has 0 aliphatic heterocycles. The summed E-state index contributed by atoms with van der Waals surface area (Å²) < 4.78 is 0. The van der Waals surface area contributed by atoms with Crippen molar-refractivity contribution in [1.29, 1.82) is 0 Å². The number of rotatable bonds is 2. The fourth-order valence-electron chi connectivity index (χ4n) is 1.73. The van der Waals surface area contributed by atoms with Crippen LogP contribution in [-0.2, 0) is 0 Å². The van der Waals surface area contributed by atoms with Gasteiger partial charge >= 0.3 is 0 Å². The predicted molar refractivity (Wildman–Crippen MR) is 79.3 cm³/mol. The number of benzene rings is 1. The van der Waals surface area contributed by atoms with Crippen LogP contribution in [0, 0.1) is 18.8 Å². The van der Waals surface area contributed by atoms with Crippen LogP contribution in [-0.4, -0.2) is 17.4 Å². The first-order valence-corrected chi connectivity index (χ1v) is 6.23. The van der Waals surface area contributed by atoms with Crippen LogP contribution in [0.4, 0.5) is 5.82 Å². The molecule has 1 heterocycles. The number of aromatic nitrogens is 1. The summed E-state index contributed by atoms with van der Waals surface area (Å²) in [5, 5.41) is 2.79. The molecule has 0 spiro atoms. The maximum Gasteiger partial charge on any atom is 0.258 e. The molecule has 2 rings (SSSR count). The highest BCUT2D eigenvalue weighted by molar-refractivity contribution is 6.05. The van der Waals surface area contributed by atoms with E-state index < -0.39 is 0 Å². The van der Waals surface area contributed by atoms with Gasteiger partial charge in [-0.2, -0.15) is 0 Å². The van der Waals surface area contributed by atoms with E-state index in [0.29, 0.717) is 16.9 Å². The molecular formula is C16H15N3O. The van der Waals surface area contributed by atoms with Crippen molar-refractivity contribution < 1.29 is 4.79 Å². The molecule has 0 saturated heterocycles. The first-order chi connectivity index (χ1) is 9.72. The number of nitrogens with one attached hydrogen (secondary N) is 1. The molecule has 2 aromatic rings. The number of aryl methyl sites for hydroxylation is 1. The summed E-state index contributed by atoms with van der Waals surface area (Å²) in [5.74, 6) is 5.98. The fraction of sp³-hybridized carbons (Fsp3) is 0.125. The van der Waals surface area contributed by atoms with E-state index in [-0.39, 0.29) is 12.5 Å². The van der Waals surface area contributed by atoms with E-state index in [2.05, 4.69) is 22.1 Å². The Hall–Kier alpha value is -2.64. The molecule has 0 unspecified atom stereocenters. The second-order valence-corrected chi connectivity index (χ2v) is 4.17. The third kappa shape index (κ3) is 3.22. The summed E-state index contributed by atoms with van der Waals surface area (Å²) in [4.78, 5) is 16.4. The lowest BCUT2D eigenvalue weighted by molar-refractivity contribution is 0.102. The van der Waals surface area contributed by atoms with Gasteiger partial charge in [-0.3, -0.25) is 4.79 Å². The third-order valence-corrected chi connectivity index (χ3v) is 2.74. The number of amides is 1. The van der Waals surface area contributed by atoms with Gasteiger partial charge in [-0.05, 0) is 30.7 Å². The minimum atomic E-state index is -0.228. The largest absolute Gasteiger partial charge is 0.320 e. The van der Waals surface area contributed by atoms with Gasteiger partial charge in [-0.15, -0.1) is 0 Å². The molecule has 100 valence electrons. The van der Waals surface area contributed by atoms with Gasteiger partial charge in [0.1, 0.15) is 5.82 Å². The van der Waals surface area contributed by atoms with Gasteiger partial charge in [0, 0.05) is 11.8 Å². The molecule has 0 saturated carbocycles. The topological polar surface area (TPSA) is 68.0 Å². The smallest absolute Gasteiger partial charge is 0.258 e. The number of carbonyl (C=O) groups is 1. The average molecular weight is 265 g/mol. The van der Waals surface area contributed by atoms with Crippen molar-refractivity contribution in [1.82, 2.24) is 4.98 Å². The van der Waals surface area contributed by atoms with E-state index >= 15 is 0 Å². The van der Waals surface area contributed by atoms with Gasteiger partial charge in [0.25, 0.3) is 5.91 Å². The predicted octanol–water partition coefficient (Wildman–Crippen LogP) is 1.95. The second-order valence-electron chi connectivity index (χ2n) is 4.17. The van der Waals surface area contributed by atoms with Crippen LogP contribution < -0.4 is 11.1 Å². The Balaban J connectivity index is 2.28. The van der Waals surface area contributed by atoms with E-state index in [1.165, 1.54) is 0 Å². The van der Waals surface area contributed by atoms with E-state index in [0.717, 1.165) is 5.56 Å². The number of hydrogen-bond donors (Lipinski definition) is 2. The first kappa shape index (κ1) is 13.8. The highest BCUT2D eigenvalue weighted by Crippen LogP contribution is 2.13. The molecule has 20 heavy (non-hydrogen) atoms. The summed E-state index contributed by atoms with van der Waals surface area (Å²) in [6.07, 6.45) is 1.64. The van der Waals surface area contributed by atoms with Gasteiger partial charge in [-0.1, -0.05) is 30.0 Å². The first-order valence-electron chi connectivity index (χ1n) is 6.23. The van der Waals surface area contributed by atoms with E-state index in [4.69, 9.17) is 5.73 Å². The number of carbonyl (C=O) groups excluding carboxylic acids is 1. The molecule has 0 bridgehead atoms. The second kappa shape index (κ2) is 6.50. The summed E-state index contributed by atoms with van der Waals surface area (Å²) in [6, 6.07) is 10.9. The third-order valence-electron chi connectivity index (χ3n) is 2.74. The van der Waals surface area contributed by atoms with Crippen molar-refractivity contribution in [3.63, 3.8) is 0 Å². The molecule has 0 aliphatic carbocycles. The van der Waals surface area contributed by atoms with Crippen LogP contribution >= 0.6 is 0 Å². The van der Waals surface area contributed by atoms with Crippen molar-refractivity contribution in [3.8, 4) is 11.8 Å². The van der Waals surface area contributed by atoms with E-state index in [9.17, 15) is 4.79 Å². The lowest BCUT2D eigenvalue weighted by Crippen LogP contribution is -2.15. The Labute approximate surface area is 118 Å². The molecule has 0 radical (unpaired) electrons. The van der Waals surface area contributed by atoms with Crippen LogP contribution in [0.2, 0.25) is 0 Å². The standard InChI is InChI=1S/C16H15N3O/c1-12-6-5-11-18-15(12)19-16(20)14-9-3-2-7-13(14)8-4-10-17/h2-3,5-7,9,11H,10,17H2,1H3,(H,18,19,20). The molecule has 0 fully saturated rings. The van der Waals surface area contributed by atoms with Gasteiger partial charge in [0.05, 0.1) is 12.1 Å². The normalized spacial score (nSPS) is 9.50. The van der Waals surface area contributed by atoms with Gasteiger partial charge < -0.3 is 11.1 Å². The average Bonchev–Trinajstić information content (AvgIpc) is 2.47.